The van der Waals surface area contributed by atoms with Gasteiger partial charge in [0.25, 0.3) is 0 Å². The van der Waals surface area contributed by atoms with Crippen LogP contribution >= 0.6 is 23.2 Å². The zero-order valence-electron chi connectivity index (χ0n) is 6.08. The Morgan fingerprint density at radius 2 is 1.46 bits per heavy atom. The van der Waals surface area contributed by atoms with Crippen LogP contribution in [0.2, 0.25) is 0 Å². The van der Waals surface area contributed by atoms with Gasteiger partial charge >= 0.3 is 11.9 Å². The van der Waals surface area contributed by atoms with Crippen LogP contribution in [0, 0.1) is 0 Å². The molecule has 2 N–H and O–H groups in total. The Morgan fingerprint density at radius 3 is 1.77 bits per heavy atom. The summed E-state index contributed by atoms with van der Waals surface area (Å²) in [6.07, 6.45) is -0.887. The largest absolute Gasteiger partial charge is 0.481 e. The lowest BCUT2D eigenvalue weighted by atomic mass is 10.2. The Kier molecular flexibility index (Phi) is 4.44. The number of carbonyl (C=O) groups excluding carboxylic acids is 1. The first-order valence-corrected chi connectivity index (χ1v) is 3.65. The molecule has 0 aliphatic carbocycles. The van der Waals surface area contributed by atoms with Gasteiger partial charge in [0, 0.05) is 0 Å². The number of hydrogen-bond acceptors (Lipinski definition) is 3. The van der Waals surface area contributed by atoms with E-state index in [-0.39, 0.29) is 0 Å². The van der Waals surface area contributed by atoms with Crippen molar-refractivity contribution in [3.8, 4) is 0 Å². The number of halogens is 2. The predicted octanol–water partition coefficient (Wildman–Crippen LogP) is 0.804. The van der Waals surface area contributed by atoms with Crippen molar-refractivity contribution in [2.75, 3.05) is 0 Å². The SMILES string of the molecule is O=C(O)CC(=O)/C(Cl)=C(\Cl)C(=O)O. The lowest BCUT2D eigenvalue weighted by Crippen LogP contribution is -2.09. The Labute approximate surface area is 82.6 Å². The average molecular weight is 227 g/mol. The van der Waals surface area contributed by atoms with E-state index < -0.39 is 34.2 Å². The smallest absolute Gasteiger partial charge is 0.348 e. The summed E-state index contributed by atoms with van der Waals surface area (Å²) in [7, 11) is 0. The number of aliphatic carboxylic acids is 2. The molecule has 7 heteroatoms. The maximum atomic E-state index is 10.8. The third kappa shape index (κ3) is 3.91. The number of Topliss-reactive ketones (excluding diaryl/α,β-unsaturated/α-hetero) is 1. The van der Waals surface area contributed by atoms with Crippen molar-refractivity contribution < 1.29 is 24.6 Å². The van der Waals surface area contributed by atoms with Gasteiger partial charge in [-0.3, -0.25) is 9.59 Å². The molecule has 13 heavy (non-hydrogen) atoms. The Morgan fingerprint density at radius 1 is 1.00 bits per heavy atom. The van der Waals surface area contributed by atoms with Gasteiger partial charge in [-0.05, 0) is 0 Å². The highest BCUT2D eigenvalue weighted by molar-refractivity contribution is 6.53. The van der Waals surface area contributed by atoms with E-state index in [1.807, 2.05) is 0 Å². The quantitative estimate of drug-likeness (QED) is 0.547. The van der Waals surface area contributed by atoms with Crippen LogP contribution in [-0.4, -0.2) is 27.9 Å². The molecule has 0 aliphatic rings. The van der Waals surface area contributed by atoms with Crippen molar-refractivity contribution in [1.29, 1.82) is 0 Å². The van der Waals surface area contributed by atoms with Crippen LogP contribution in [0.5, 0.6) is 0 Å². The van der Waals surface area contributed by atoms with Crippen molar-refractivity contribution >= 4 is 40.9 Å². The van der Waals surface area contributed by atoms with Crippen LogP contribution in [0.1, 0.15) is 6.42 Å². The number of carboxylic acids is 2. The maximum absolute atomic E-state index is 10.8. The summed E-state index contributed by atoms with van der Waals surface area (Å²) in [6, 6.07) is 0. The molecule has 0 heterocycles. The van der Waals surface area contributed by atoms with Crippen molar-refractivity contribution in [2.45, 2.75) is 6.42 Å². The van der Waals surface area contributed by atoms with Gasteiger partial charge in [-0.1, -0.05) is 23.2 Å². The fraction of sp³-hybridized carbons (Fsp3) is 0.167. The molecule has 0 radical (unpaired) electrons. The third-order valence-corrected chi connectivity index (χ3v) is 1.78. The highest BCUT2D eigenvalue weighted by atomic mass is 35.5. The molecule has 0 aromatic heterocycles. The van der Waals surface area contributed by atoms with Gasteiger partial charge in [0.05, 0.1) is 0 Å². The van der Waals surface area contributed by atoms with E-state index in [0.29, 0.717) is 0 Å². The molecule has 0 aromatic carbocycles. The van der Waals surface area contributed by atoms with Gasteiger partial charge < -0.3 is 10.2 Å². The molecule has 0 bridgehead atoms. The number of hydrogen-bond donors (Lipinski definition) is 2. The second kappa shape index (κ2) is 4.84. The van der Waals surface area contributed by atoms with Gasteiger partial charge in [-0.25, -0.2) is 4.79 Å². The fourth-order valence-electron chi connectivity index (χ4n) is 0.431. The van der Waals surface area contributed by atoms with E-state index in [9.17, 15) is 14.4 Å². The first kappa shape index (κ1) is 11.9. The van der Waals surface area contributed by atoms with E-state index in [4.69, 9.17) is 33.4 Å². The topological polar surface area (TPSA) is 91.7 Å². The molecule has 0 aliphatic heterocycles. The normalized spacial score (nSPS) is 11.8. The van der Waals surface area contributed by atoms with Gasteiger partial charge in [0.15, 0.2) is 5.78 Å². The molecule has 0 saturated heterocycles. The van der Waals surface area contributed by atoms with Crippen LogP contribution in [0.15, 0.2) is 10.1 Å². The minimum absolute atomic E-state index is 0.781. The summed E-state index contributed by atoms with van der Waals surface area (Å²) in [6.45, 7) is 0. The lowest BCUT2D eigenvalue weighted by molar-refractivity contribution is -0.139. The number of rotatable bonds is 4. The lowest BCUT2D eigenvalue weighted by Gasteiger charge is -1.96. The highest BCUT2D eigenvalue weighted by Gasteiger charge is 2.18. The van der Waals surface area contributed by atoms with Crippen molar-refractivity contribution in [2.24, 2.45) is 0 Å². The van der Waals surface area contributed by atoms with Crippen LogP contribution in [0.4, 0.5) is 0 Å². The maximum Gasteiger partial charge on any atom is 0.348 e. The van der Waals surface area contributed by atoms with Crippen LogP contribution in [0.3, 0.4) is 0 Å². The highest BCUT2D eigenvalue weighted by Crippen LogP contribution is 2.16. The monoisotopic (exact) mass is 226 g/mol. The summed E-state index contributed by atoms with van der Waals surface area (Å²) in [5.74, 6) is -4.02. The van der Waals surface area contributed by atoms with Gasteiger partial charge in [-0.2, -0.15) is 0 Å². The number of ketones is 1. The molecule has 0 rings (SSSR count). The number of carboxylic acid groups (broad SMARTS) is 2. The summed E-state index contributed by atoms with van der Waals surface area (Å²) < 4.78 is 0. The van der Waals surface area contributed by atoms with Crippen molar-refractivity contribution in [3.05, 3.63) is 10.1 Å². The van der Waals surface area contributed by atoms with Crippen LogP contribution in [0.25, 0.3) is 0 Å². The summed E-state index contributed by atoms with van der Waals surface area (Å²) >= 11 is 10.3. The van der Waals surface area contributed by atoms with Crippen molar-refractivity contribution in [3.63, 3.8) is 0 Å². The molecule has 0 spiro atoms. The Hall–Kier alpha value is -1.07. The summed E-state index contributed by atoms with van der Waals surface area (Å²) in [5.41, 5.74) is 0. The predicted molar refractivity (Wildman–Crippen MR) is 43.6 cm³/mol. The average Bonchev–Trinajstić information content (AvgIpc) is 2.00. The molecule has 0 fully saturated rings. The fourth-order valence-corrected chi connectivity index (χ4v) is 0.684. The molecule has 0 atom stereocenters. The zero-order valence-corrected chi connectivity index (χ0v) is 7.59. The molecular formula is C6H4Cl2O5. The van der Waals surface area contributed by atoms with Crippen LogP contribution < -0.4 is 0 Å². The van der Waals surface area contributed by atoms with E-state index >= 15 is 0 Å². The standard InChI is InChI=1S/C6H4Cl2O5/c7-4(5(8)6(12)13)2(9)1-3(10)11/h1H2,(H,10,11)(H,12,13)/b5-4+. The second-order valence-corrected chi connectivity index (χ2v) is 2.68. The minimum atomic E-state index is -1.58. The first-order valence-electron chi connectivity index (χ1n) is 2.89. The van der Waals surface area contributed by atoms with E-state index in [1.54, 1.807) is 0 Å². The molecular weight excluding hydrogens is 223 g/mol. The molecule has 0 saturated carbocycles. The van der Waals surface area contributed by atoms with Crippen molar-refractivity contribution in [1.82, 2.24) is 0 Å². The molecule has 5 nitrogen and oxygen atoms in total. The minimum Gasteiger partial charge on any atom is -0.481 e. The molecule has 72 valence electrons. The summed E-state index contributed by atoms with van der Waals surface area (Å²) in [5, 5.41) is 14.8. The second-order valence-electron chi connectivity index (χ2n) is 1.93. The Balaban J connectivity index is 4.68. The van der Waals surface area contributed by atoms with Crippen LogP contribution in [-0.2, 0) is 14.4 Å². The molecule has 0 amide bonds. The number of carbonyl (C=O) groups is 3. The number of allylic oxidation sites excluding steroid dienone is 1. The Bertz CT molecular complexity index is 293. The van der Waals surface area contributed by atoms with Gasteiger partial charge in [0.1, 0.15) is 16.5 Å². The first-order chi connectivity index (χ1) is 5.86. The molecule has 0 aromatic rings. The van der Waals surface area contributed by atoms with Gasteiger partial charge in [0.2, 0.25) is 0 Å². The summed E-state index contributed by atoms with van der Waals surface area (Å²) in [4.78, 5) is 31.0. The van der Waals surface area contributed by atoms with E-state index in [1.165, 1.54) is 0 Å². The zero-order chi connectivity index (χ0) is 10.6. The third-order valence-electron chi connectivity index (χ3n) is 0.937. The van der Waals surface area contributed by atoms with E-state index in [2.05, 4.69) is 0 Å². The van der Waals surface area contributed by atoms with E-state index in [0.717, 1.165) is 0 Å². The molecule has 0 unspecified atom stereocenters. The van der Waals surface area contributed by atoms with Gasteiger partial charge in [-0.15, -0.1) is 0 Å².